The molecule has 2 aromatic carbocycles. The average Bonchev–Trinajstić information content (AvgIpc) is 2.90. The van der Waals surface area contributed by atoms with E-state index in [0.717, 1.165) is 11.1 Å². The molecule has 28 heavy (non-hydrogen) atoms. The summed E-state index contributed by atoms with van der Waals surface area (Å²) < 4.78 is 11.3. The molecule has 0 unspecified atom stereocenters. The minimum Gasteiger partial charge on any atom is -0.493 e. The highest BCUT2D eigenvalue weighted by Crippen LogP contribution is 2.31. The predicted octanol–water partition coefficient (Wildman–Crippen LogP) is 4.35. The van der Waals surface area contributed by atoms with E-state index in [4.69, 9.17) is 33.3 Å². The number of carbonyl (C=O) groups excluding carboxylic acids is 1. The third-order valence-electron chi connectivity index (χ3n) is 4.49. The lowest BCUT2D eigenvalue weighted by Crippen LogP contribution is -2.30. The maximum Gasteiger partial charge on any atom is 0.276 e. The van der Waals surface area contributed by atoms with E-state index in [9.17, 15) is 4.79 Å². The second kappa shape index (κ2) is 8.63. The van der Waals surface area contributed by atoms with Gasteiger partial charge in [-0.2, -0.15) is 0 Å². The Hall–Kier alpha value is -2.57. The number of hydrogen-bond donors (Lipinski definition) is 0. The number of hydrogen-bond acceptors (Lipinski definition) is 4. The molecule has 7 heteroatoms. The van der Waals surface area contributed by atoms with Crippen LogP contribution in [0.25, 0.3) is 6.08 Å². The first-order valence-corrected chi connectivity index (χ1v) is 9.60. The van der Waals surface area contributed by atoms with E-state index in [0.29, 0.717) is 40.5 Å². The Bertz CT molecular complexity index is 945. The van der Waals surface area contributed by atoms with Crippen molar-refractivity contribution in [2.24, 2.45) is 0 Å². The van der Waals surface area contributed by atoms with E-state index in [1.54, 1.807) is 30.0 Å². The molecule has 0 N–H and O–H groups in total. The molecule has 1 aliphatic heterocycles. The van der Waals surface area contributed by atoms with Crippen LogP contribution < -0.4 is 9.47 Å². The van der Waals surface area contributed by atoms with Gasteiger partial charge in [-0.3, -0.25) is 9.69 Å². The maximum absolute atomic E-state index is 12.5. The lowest BCUT2D eigenvalue weighted by molar-refractivity contribution is -0.122. The number of ether oxygens (including phenoxy) is 2. The number of halogens is 1. The van der Waals surface area contributed by atoms with Gasteiger partial charge in [0.05, 0.1) is 7.11 Å². The Labute approximate surface area is 175 Å². The number of carbonyl (C=O) groups is 1. The molecule has 1 amide bonds. The Kier molecular flexibility index (Phi) is 6.21. The van der Waals surface area contributed by atoms with Crippen LogP contribution in [-0.4, -0.2) is 41.5 Å². The summed E-state index contributed by atoms with van der Waals surface area (Å²) in [5.41, 5.74) is 2.24. The molecule has 0 saturated carbocycles. The smallest absolute Gasteiger partial charge is 0.276 e. The highest BCUT2D eigenvalue weighted by Gasteiger charge is 2.34. The molecule has 0 bridgehead atoms. The molecule has 2 aromatic rings. The number of rotatable bonds is 6. The topological polar surface area (TPSA) is 42.0 Å². The van der Waals surface area contributed by atoms with Crippen LogP contribution in [0.1, 0.15) is 18.1 Å². The van der Waals surface area contributed by atoms with Gasteiger partial charge in [0, 0.05) is 24.2 Å². The fourth-order valence-corrected chi connectivity index (χ4v) is 3.41. The van der Waals surface area contributed by atoms with Gasteiger partial charge < -0.3 is 14.4 Å². The average molecular weight is 417 g/mol. The molecular formula is C21H21ClN2O3S. The Balaban J connectivity index is 1.83. The minimum absolute atomic E-state index is 0.104. The monoisotopic (exact) mass is 416 g/mol. The fourth-order valence-electron chi connectivity index (χ4n) is 2.91. The van der Waals surface area contributed by atoms with Crippen molar-refractivity contribution in [2.45, 2.75) is 13.5 Å². The fraction of sp³-hybridized carbons (Fsp3) is 0.238. The van der Waals surface area contributed by atoms with Gasteiger partial charge in [-0.1, -0.05) is 35.9 Å². The van der Waals surface area contributed by atoms with Crippen molar-refractivity contribution < 1.29 is 14.3 Å². The van der Waals surface area contributed by atoms with Crippen LogP contribution >= 0.6 is 23.8 Å². The lowest BCUT2D eigenvalue weighted by Gasteiger charge is -2.14. The van der Waals surface area contributed by atoms with Crippen LogP contribution in [0.2, 0.25) is 5.02 Å². The summed E-state index contributed by atoms with van der Waals surface area (Å²) in [6, 6.07) is 13.0. The zero-order chi connectivity index (χ0) is 20.3. The third kappa shape index (κ3) is 3.98. The van der Waals surface area contributed by atoms with E-state index >= 15 is 0 Å². The number of amides is 1. The lowest BCUT2D eigenvalue weighted by atomic mass is 10.1. The second-order valence-corrected chi connectivity index (χ2v) is 6.98. The summed E-state index contributed by atoms with van der Waals surface area (Å²) >= 11 is 11.5. The van der Waals surface area contributed by atoms with Crippen LogP contribution in [0.3, 0.4) is 0 Å². The van der Waals surface area contributed by atoms with Gasteiger partial charge in [-0.25, -0.2) is 0 Å². The van der Waals surface area contributed by atoms with E-state index in [2.05, 4.69) is 0 Å². The first-order chi connectivity index (χ1) is 13.5. The molecule has 146 valence electrons. The molecule has 1 fully saturated rings. The van der Waals surface area contributed by atoms with Gasteiger partial charge in [0.1, 0.15) is 12.3 Å². The van der Waals surface area contributed by atoms with E-state index in [1.165, 1.54) is 0 Å². The number of thiocarbonyl (C=S) groups is 1. The van der Waals surface area contributed by atoms with Crippen LogP contribution in [0, 0.1) is 0 Å². The summed E-state index contributed by atoms with van der Waals surface area (Å²) in [7, 11) is 3.37. The van der Waals surface area contributed by atoms with Crippen LogP contribution in [0.15, 0.2) is 48.2 Å². The van der Waals surface area contributed by atoms with Crippen LogP contribution in [0.4, 0.5) is 0 Å². The molecule has 5 nitrogen and oxygen atoms in total. The number of methoxy groups -OCH3 is 1. The molecule has 1 aliphatic rings. The number of likely N-dealkylation sites (N-methyl/N-ethyl adjacent to an activating group) is 2. The van der Waals surface area contributed by atoms with Crippen molar-refractivity contribution >= 4 is 40.9 Å². The summed E-state index contributed by atoms with van der Waals surface area (Å²) in [6.07, 6.45) is 1.80. The molecule has 1 heterocycles. The Morgan fingerprint density at radius 3 is 2.57 bits per heavy atom. The zero-order valence-electron chi connectivity index (χ0n) is 15.9. The standard InChI is InChI=1S/C21H21ClN2O3S/c1-4-24-20(25)17(23(2)21(24)28)11-14-9-10-18(19(12-14)26-3)27-13-15-7-5-6-8-16(15)22/h5-12H,4,13H2,1-3H3/b17-11-. The van der Waals surface area contributed by atoms with Gasteiger partial charge in [-0.15, -0.1) is 0 Å². The van der Waals surface area contributed by atoms with Gasteiger partial charge in [0.25, 0.3) is 5.91 Å². The van der Waals surface area contributed by atoms with Gasteiger partial charge >= 0.3 is 0 Å². The SMILES string of the molecule is CCN1C(=O)/C(=C/c2ccc(OCc3ccccc3Cl)c(OC)c2)N(C)C1=S. The predicted molar refractivity (Wildman–Crippen MR) is 115 cm³/mol. The molecule has 0 aliphatic carbocycles. The molecule has 0 spiro atoms. The normalized spacial score (nSPS) is 15.5. The van der Waals surface area contributed by atoms with Crippen molar-refractivity contribution in [1.82, 2.24) is 9.80 Å². The van der Waals surface area contributed by atoms with E-state index in [-0.39, 0.29) is 5.91 Å². The molecule has 0 radical (unpaired) electrons. The van der Waals surface area contributed by atoms with E-state index < -0.39 is 0 Å². The number of nitrogens with zero attached hydrogens (tertiary/aromatic N) is 2. The largest absolute Gasteiger partial charge is 0.493 e. The van der Waals surface area contributed by atoms with Gasteiger partial charge in [0.2, 0.25) is 0 Å². The second-order valence-electron chi connectivity index (χ2n) is 6.21. The highest BCUT2D eigenvalue weighted by molar-refractivity contribution is 7.80. The van der Waals surface area contributed by atoms with Gasteiger partial charge in [-0.05, 0) is 49.0 Å². The number of benzene rings is 2. The Morgan fingerprint density at radius 2 is 1.93 bits per heavy atom. The first-order valence-electron chi connectivity index (χ1n) is 8.81. The van der Waals surface area contributed by atoms with Crippen molar-refractivity contribution in [3.05, 3.63) is 64.3 Å². The first kappa shape index (κ1) is 20.2. The van der Waals surface area contributed by atoms with Crippen LogP contribution in [0.5, 0.6) is 11.5 Å². The van der Waals surface area contributed by atoms with Crippen LogP contribution in [-0.2, 0) is 11.4 Å². The summed E-state index contributed by atoms with van der Waals surface area (Å²) in [4.78, 5) is 15.8. The van der Waals surface area contributed by atoms with Gasteiger partial charge in [0.15, 0.2) is 16.6 Å². The molecular weight excluding hydrogens is 396 g/mol. The van der Waals surface area contributed by atoms with Crippen molar-refractivity contribution in [1.29, 1.82) is 0 Å². The maximum atomic E-state index is 12.5. The van der Waals surface area contributed by atoms with E-state index in [1.807, 2.05) is 49.4 Å². The third-order valence-corrected chi connectivity index (χ3v) is 5.35. The molecule has 1 saturated heterocycles. The molecule has 0 atom stereocenters. The van der Waals surface area contributed by atoms with Crippen molar-refractivity contribution in [3.63, 3.8) is 0 Å². The van der Waals surface area contributed by atoms with Crippen molar-refractivity contribution in [3.8, 4) is 11.5 Å². The molecule has 0 aromatic heterocycles. The van der Waals surface area contributed by atoms with Crippen molar-refractivity contribution in [2.75, 3.05) is 20.7 Å². The quantitative estimate of drug-likeness (QED) is 0.517. The Morgan fingerprint density at radius 1 is 1.18 bits per heavy atom. The highest BCUT2D eigenvalue weighted by atomic mass is 35.5. The minimum atomic E-state index is -0.104. The summed E-state index contributed by atoms with van der Waals surface area (Å²) in [6.45, 7) is 2.77. The zero-order valence-corrected chi connectivity index (χ0v) is 17.5. The summed E-state index contributed by atoms with van der Waals surface area (Å²) in [5, 5.41) is 1.16. The molecule has 3 rings (SSSR count). The summed E-state index contributed by atoms with van der Waals surface area (Å²) in [5.74, 6) is 1.07.